The van der Waals surface area contributed by atoms with E-state index < -0.39 is 0 Å². The van der Waals surface area contributed by atoms with Crippen molar-refractivity contribution in [1.82, 2.24) is 4.57 Å². The molecule has 0 spiro atoms. The van der Waals surface area contributed by atoms with Crippen LogP contribution >= 0.6 is 0 Å². The number of ether oxygens (including phenoxy) is 1. The van der Waals surface area contributed by atoms with Crippen molar-refractivity contribution >= 4 is 34.4 Å². The standard InChI is InChI=1S/C42H35NO2/c1-2-9-26(10-3-1)27-11-8-12-28(23-27)29-17-20-39-35(24-29)41-40(44-39)22-19-33-34-25-30(18-21-38(34)45-42(33)41)43-36-15-6-4-13-31(36)32-14-5-7-16-37(32)43/h1-4,6-7,9-11,13,15-16,18,21-23,25,29,33H,5,8,12,14,17,19-20,24H2. The number of para-hydroxylation sites is 1. The van der Waals surface area contributed by atoms with Crippen molar-refractivity contribution in [2.45, 2.75) is 57.3 Å². The van der Waals surface area contributed by atoms with E-state index in [1.54, 1.807) is 5.57 Å². The van der Waals surface area contributed by atoms with Gasteiger partial charge < -0.3 is 13.7 Å². The molecule has 220 valence electrons. The molecule has 45 heavy (non-hydrogen) atoms. The minimum Gasteiger partial charge on any atom is -0.461 e. The summed E-state index contributed by atoms with van der Waals surface area (Å²) in [5, 5.41) is 2.61. The number of benzene rings is 3. The highest BCUT2D eigenvalue weighted by molar-refractivity contribution is 5.91. The van der Waals surface area contributed by atoms with Crippen LogP contribution in [-0.4, -0.2) is 4.57 Å². The summed E-state index contributed by atoms with van der Waals surface area (Å²) in [5.74, 6) is 4.05. The molecule has 3 aromatic carbocycles. The van der Waals surface area contributed by atoms with Crippen molar-refractivity contribution in [3.8, 4) is 11.4 Å². The van der Waals surface area contributed by atoms with Gasteiger partial charge in [0, 0.05) is 34.3 Å². The summed E-state index contributed by atoms with van der Waals surface area (Å²) < 4.78 is 15.8. The first-order valence-corrected chi connectivity index (χ1v) is 16.7. The monoisotopic (exact) mass is 585 g/mol. The van der Waals surface area contributed by atoms with Gasteiger partial charge in [-0.1, -0.05) is 72.3 Å². The van der Waals surface area contributed by atoms with Crippen molar-refractivity contribution in [2.24, 2.45) is 5.92 Å². The topological polar surface area (TPSA) is 27.3 Å². The summed E-state index contributed by atoms with van der Waals surface area (Å²) in [5.41, 5.74) is 13.3. The van der Waals surface area contributed by atoms with Gasteiger partial charge >= 0.3 is 0 Å². The van der Waals surface area contributed by atoms with Gasteiger partial charge in [-0.05, 0) is 104 Å². The second-order valence-corrected chi connectivity index (χ2v) is 13.3. The van der Waals surface area contributed by atoms with Gasteiger partial charge in [-0.3, -0.25) is 0 Å². The summed E-state index contributed by atoms with van der Waals surface area (Å²) in [6.07, 6.45) is 20.4. The molecule has 10 rings (SSSR count). The van der Waals surface area contributed by atoms with Crippen LogP contribution in [0.15, 0.2) is 101 Å². The van der Waals surface area contributed by atoms with E-state index in [2.05, 4.69) is 108 Å². The maximum atomic E-state index is 6.78. The number of fused-ring (bicyclic) bond motifs is 9. The van der Waals surface area contributed by atoms with Crippen LogP contribution < -0.4 is 15.4 Å². The van der Waals surface area contributed by atoms with Crippen LogP contribution in [0.2, 0.25) is 0 Å². The van der Waals surface area contributed by atoms with Gasteiger partial charge in [0.2, 0.25) is 0 Å². The van der Waals surface area contributed by atoms with Crippen LogP contribution in [0, 0.1) is 5.92 Å². The predicted molar refractivity (Wildman–Crippen MR) is 182 cm³/mol. The largest absolute Gasteiger partial charge is 0.461 e. The Kier molecular flexibility index (Phi) is 5.61. The third-order valence-electron chi connectivity index (χ3n) is 10.9. The summed E-state index contributed by atoms with van der Waals surface area (Å²) in [6.45, 7) is 0. The highest BCUT2D eigenvalue weighted by Crippen LogP contribution is 2.46. The second-order valence-electron chi connectivity index (χ2n) is 13.3. The quantitative estimate of drug-likeness (QED) is 0.212. The van der Waals surface area contributed by atoms with E-state index in [9.17, 15) is 0 Å². The third-order valence-corrected chi connectivity index (χ3v) is 10.9. The van der Waals surface area contributed by atoms with Crippen LogP contribution in [0.25, 0.3) is 40.1 Å². The lowest BCUT2D eigenvalue weighted by Gasteiger charge is -2.27. The van der Waals surface area contributed by atoms with Crippen molar-refractivity contribution in [3.63, 3.8) is 0 Å². The molecule has 1 aliphatic heterocycles. The van der Waals surface area contributed by atoms with E-state index >= 15 is 0 Å². The molecule has 0 saturated heterocycles. The maximum Gasteiger partial charge on any atom is 0.134 e. The van der Waals surface area contributed by atoms with Gasteiger partial charge in [0.15, 0.2) is 0 Å². The first kappa shape index (κ1) is 25.6. The predicted octanol–water partition coefficient (Wildman–Crippen LogP) is 8.56. The highest BCUT2D eigenvalue weighted by Gasteiger charge is 2.36. The molecule has 0 saturated carbocycles. The Balaban J connectivity index is 1.04. The SMILES string of the molecule is C1=Cc2c(c3ccccc3n2-c2ccc3c(c2)C2CC=c4oc5c(c4=C2O3)CC(C2=CC(c3ccccc3)=CCC2)CC5)CC1. The fourth-order valence-electron chi connectivity index (χ4n) is 8.73. The van der Waals surface area contributed by atoms with E-state index in [-0.39, 0.29) is 5.92 Å². The molecule has 0 N–H and O–H groups in total. The van der Waals surface area contributed by atoms with Crippen LogP contribution in [0.3, 0.4) is 0 Å². The van der Waals surface area contributed by atoms with Crippen LogP contribution in [0.5, 0.6) is 5.75 Å². The summed E-state index contributed by atoms with van der Waals surface area (Å²) in [4.78, 5) is 0. The van der Waals surface area contributed by atoms with Crippen molar-refractivity contribution in [2.75, 3.05) is 0 Å². The molecule has 2 atom stereocenters. The van der Waals surface area contributed by atoms with Gasteiger partial charge in [-0.2, -0.15) is 0 Å². The molecule has 5 aliphatic rings. The number of hydrogen-bond acceptors (Lipinski definition) is 2. The van der Waals surface area contributed by atoms with Gasteiger partial charge in [0.25, 0.3) is 0 Å². The zero-order valence-electron chi connectivity index (χ0n) is 25.4. The number of allylic oxidation sites excluding steroid dienone is 5. The van der Waals surface area contributed by atoms with Crippen molar-refractivity contribution in [3.05, 3.63) is 141 Å². The number of aromatic nitrogens is 1. The molecule has 0 bridgehead atoms. The molecule has 3 heteroatoms. The second kappa shape index (κ2) is 9.87. The van der Waals surface area contributed by atoms with Crippen LogP contribution in [-0.2, 0) is 19.3 Å². The van der Waals surface area contributed by atoms with E-state index in [1.165, 1.54) is 61.1 Å². The molecule has 5 aromatic rings. The lowest BCUT2D eigenvalue weighted by Crippen LogP contribution is -2.33. The van der Waals surface area contributed by atoms with Gasteiger partial charge in [-0.25, -0.2) is 0 Å². The van der Waals surface area contributed by atoms with Crippen LogP contribution in [0.4, 0.5) is 0 Å². The Morgan fingerprint density at radius 3 is 2.69 bits per heavy atom. The highest BCUT2D eigenvalue weighted by atomic mass is 16.5. The molecular weight excluding hydrogens is 550 g/mol. The zero-order valence-corrected chi connectivity index (χ0v) is 25.4. The first-order valence-electron chi connectivity index (χ1n) is 16.7. The number of nitrogens with zero attached hydrogens (tertiary/aromatic N) is 1. The maximum absolute atomic E-state index is 6.78. The minimum atomic E-state index is 0.226. The molecular formula is C42H35NO2. The Hall–Kier alpha value is -4.76. The average Bonchev–Trinajstić information content (AvgIpc) is 3.77. The Bertz CT molecular complexity index is 2250. The minimum absolute atomic E-state index is 0.226. The molecule has 0 radical (unpaired) electrons. The third kappa shape index (κ3) is 3.89. The molecule has 3 nitrogen and oxygen atoms in total. The van der Waals surface area contributed by atoms with E-state index in [1.807, 2.05) is 0 Å². The number of rotatable bonds is 3. The van der Waals surface area contributed by atoms with Crippen LogP contribution in [0.1, 0.15) is 71.7 Å². The Morgan fingerprint density at radius 2 is 1.73 bits per heavy atom. The summed E-state index contributed by atoms with van der Waals surface area (Å²) in [7, 11) is 0. The van der Waals surface area contributed by atoms with E-state index in [0.717, 1.165) is 68.3 Å². The normalized spacial score (nSPS) is 21.1. The van der Waals surface area contributed by atoms with Crippen molar-refractivity contribution in [1.29, 1.82) is 0 Å². The number of hydrogen-bond donors (Lipinski definition) is 0. The number of furan rings is 1. The average molecular weight is 586 g/mol. The van der Waals surface area contributed by atoms with Gasteiger partial charge in [-0.15, -0.1) is 0 Å². The van der Waals surface area contributed by atoms with Gasteiger partial charge in [0.05, 0.1) is 16.7 Å². The summed E-state index contributed by atoms with van der Waals surface area (Å²) in [6, 6.07) is 26.5. The number of aryl methyl sites for hydroxylation is 2. The smallest absolute Gasteiger partial charge is 0.134 e. The zero-order chi connectivity index (χ0) is 29.5. The molecule has 0 fully saturated rings. The van der Waals surface area contributed by atoms with E-state index in [4.69, 9.17) is 9.15 Å². The van der Waals surface area contributed by atoms with E-state index in [0.29, 0.717) is 5.92 Å². The Labute approximate surface area is 263 Å². The first-order chi connectivity index (χ1) is 22.3. The fourth-order valence-corrected chi connectivity index (χ4v) is 8.73. The molecule has 0 amide bonds. The van der Waals surface area contributed by atoms with Crippen molar-refractivity contribution < 1.29 is 9.15 Å². The van der Waals surface area contributed by atoms with Gasteiger partial charge in [0.1, 0.15) is 22.7 Å². The molecule has 2 unspecified atom stereocenters. The summed E-state index contributed by atoms with van der Waals surface area (Å²) >= 11 is 0. The lowest BCUT2D eigenvalue weighted by atomic mass is 9.77. The fraction of sp³-hybridized carbons (Fsp3) is 0.238. The molecule has 3 heterocycles. The Morgan fingerprint density at radius 1 is 0.822 bits per heavy atom. The lowest BCUT2D eigenvalue weighted by molar-refractivity contribution is 0.418. The molecule has 2 aromatic heterocycles. The molecule has 4 aliphatic carbocycles.